The lowest BCUT2D eigenvalue weighted by Crippen LogP contribution is -2.59. The van der Waals surface area contributed by atoms with Gasteiger partial charge in [0, 0.05) is 20.3 Å². The zero-order valence-electron chi connectivity index (χ0n) is 15.5. The number of hydrogen-bond donors (Lipinski definition) is 1. The number of fused-ring (bicyclic) bond motifs is 3. The highest BCUT2D eigenvalue weighted by atomic mass is 19.4. The average molecular weight is 415 g/mol. The number of aromatic nitrogens is 1. The lowest BCUT2D eigenvalue weighted by atomic mass is 10.0. The van der Waals surface area contributed by atoms with Crippen molar-refractivity contribution in [1.29, 1.82) is 0 Å². The van der Waals surface area contributed by atoms with Crippen LogP contribution < -0.4 is 4.74 Å². The summed E-state index contributed by atoms with van der Waals surface area (Å²) >= 11 is 0. The van der Waals surface area contributed by atoms with Gasteiger partial charge in [0.2, 0.25) is 11.7 Å². The van der Waals surface area contributed by atoms with Gasteiger partial charge in [0.1, 0.15) is 13.2 Å². The van der Waals surface area contributed by atoms with Crippen molar-refractivity contribution in [2.75, 3.05) is 27.2 Å². The Labute approximate surface area is 161 Å². The quantitative estimate of drug-likeness (QED) is 0.810. The lowest BCUT2D eigenvalue weighted by molar-refractivity contribution is -0.151. The summed E-state index contributed by atoms with van der Waals surface area (Å²) < 4.78 is 49.5. The van der Waals surface area contributed by atoms with E-state index in [0.717, 1.165) is 9.80 Å². The molecule has 2 aromatic rings. The molecular weight excluding hydrogens is 399 g/mol. The number of amides is 2. The minimum absolute atomic E-state index is 0.158. The van der Waals surface area contributed by atoms with Gasteiger partial charge in [0.25, 0.3) is 5.91 Å². The van der Waals surface area contributed by atoms with Crippen molar-refractivity contribution < 1.29 is 41.8 Å². The van der Waals surface area contributed by atoms with Crippen LogP contribution in [-0.2, 0) is 15.8 Å². The molecule has 156 valence electrons. The zero-order valence-corrected chi connectivity index (χ0v) is 15.5. The van der Waals surface area contributed by atoms with E-state index in [1.54, 1.807) is 0 Å². The fraction of sp³-hybridized carbons (Fsp3) is 0.412. The van der Waals surface area contributed by atoms with Crippen LogP contribution in [0, 0.1) is 0 Å². The molecule has 3 rings (SSSR count). The second-order valence-electron chi connectivity index (χ2n) is 6.88. The highest BCUT2D eigenvalue weighted by Gasteiger charge is 2.49. The number of alkyl halides is 3. The third kappa shape index (κ3) is 3.34. The highest BCUT2D eigenvalue weighted by molar-refractivity contribution is 6.04. The smallest absolute Gasteiger partial charge is 0.418 e. The second kappa shape index (κ2) is 6.64. The Kier molecular flexibility index (Phi) is 4.67. The van der Waals surface area contributed by atoms with Gasteiger partial charge in [-0.2, -0.15) is 13.2 Å². The number of carbonyl (C=O) groups is 3. The largest absolute Gasteiger partial charge is 0.484 e. The number of carboxylic acid groups (broad SMARTS) is 1. The molecule has 0 radical (unpaired) electrons. The van der Waals surface area contributed by atoms with Crippen LogP contribution in [0.4, 0.5) is 13.2 Å². The lowest BCUT2D eigenvalue weighted by Gasteiger charge is -2.35. The van der Waals surface area contributed by atoms with E-state index in [-0.39, 0.29) is 16.8 Å². The summed E-state index contributed by atoms with van der Waals surface area (Å²) in [5.74, 6) is -3.81. The van der Waals surface area contributed by atoms with E-state index in [1.165, 1.54) is 21.0 Å². The molecule has 1 atom stereocenters. The fourth-order valence-electron chi connectivity index (χ4n) is 2.72. The summed E-state index contributed by atoms with van der Waals surface area (Å²) in [7, 11) is 2.85. The number of ether oxygens (including phenoxy) is 1. The summed E-state index contributed by atoms with van der Waals surface area (Å²) in [5.41, 5.74) is -3.52. The molecule has 3 heterocycles. The number of carbonyl (C=O) groups excluding carboxylic acids is 2. The van der Waals surface area contributed by atoms with Crippen LogP contribution in [0.1, 0.15) is 23.0 Å². The second-order valence-corrected chi connectivity index (χ2v) is 6.88. The minimum Gasteiger partial charge on any atom is -0.484 e. The van der Waals surface area contributed by atoms with E-state index in [2.05, 4.69) is 4.98 Å². The van der Waals surface area contributed by atoms with Gasteiger partial charge >= 0.3 is 12.1 Å². The number of furan rings is 1. The molecule has 2 amide bonds. The molecule has 9 nitrogen and oxygen atoms in total. The van der Waals surface area contributed by atoms with Crippen LogP contribution in [0.15, 0.2) is 16.7 Å². The van der Waals surface area contributed by atoms with Crippen LogP contribution >= 0.6 is 0 Å². The first-order chi connectivity index (χ1) is 13.4. The van der Waals surface area contributed by atoms with Crippen molar-refractivity contribution in [1.82, 2.24) is 14.8 Å². The summed E-state index contributed by atoms with van der Waals surface area (Å²) in [4.78, 5) is 42.6. The van der Waals surface area contributed by atoms with E-state index < -0.39 is 54.0 Å². The molecule has 0 unspecified atom stereocenters. The Bertz CT molecular complexity index is 1020. The Morgan fingerprint density at radius 2 is 2.03 bits per heavy atom. The molecule has 0 aliphatic carbocycles. The van der Waals surface area contributed by atoms with E-state index in [1.807, 2.05) is 0 Å². The Balaban J connectivity index is 2.14. The Morgan fingerprint density at radius 1 is 1.38 bits per heavy atom. The van der Waals surface area contributed by atoms with Crippen LogP contribution in [0.2, 0.25) is 0 Å². The van der Waals surface area contributed by atoms with Crippen molar-refractivity contribution in [3.05, 3.63) is 23.6 Å². The number of nitrogens with zero attached hydrogens (tertiary/aromatic N) is 3. The van der Waals surface area contributed by atoms with Crippen molar-refractivity contribution in [2.45, 2.75) is 18.6 Å². The predicted octanol–water partition coefficient (Wildman–Crippen LogP) is 1.61. The van der Waals surface area contributed by atoms with Gasteiger partial charge in [-0.05, 0) is 13.0 Å². The SMILES string of the molecule is CN(C)C(=O)CN1C(=O)c2oc3cc(C(F)(F)F)cnc3c2OC[C@]1(C)C(=O)O. The standard InChI is InChI=1S/C17H16F3N3O6/c1-16(15(26)27)7-28-12-11-9(4-8(5-21-11)17(18,19)20)29-13(12)14(25)23(16)6-10(24)22(2)3/h4-5H,6-7H2,1-3H3,(H,26,27)/t16-/m1/s1. The summed E-state index contributed by atoms with van der Waals surface area (Å²) in [6, 6.07) is 0.666. The predicted molar refractivity (Wildman–Crippen MR) is 90.3 cm³/mol. The highest BCUT2D eigenvalue weighted by Crippen LogP contribution is 2.39. The molecule has 29 heavy (non-hydrogen) atoms. The third-order valence-electron chi connectivity index (χ3n) is 4.60. The first-order valence-electron chi connectivity index (χ1n) is 8.24. The maximum absolute atomic E-state index is 13.0. The first-order valence-corrected chi connectivity index (χ1v) is 8.24. The van der Waals surface area contributed by atoms with Gasteiger partial charge in [-0.3, -0.25) is 9.59 Å². The average Bonchev–Trinajstić information content (AvgIpc) is 2.95. The van der Waals surface area contributed by atoms with Crippen LogP contribution in [0.5, 0.6) is 5.75 Å². The molecule has 12 heteroatoms. The van der Waals surface area contributed by atoms with Gasteiger partial charge in [0.05, 0.1) is 5.56 Å². The number of hydrogen-bond acceptors (Lipinski definition) is 6. The minimum atomic E-state index is -4.68. The van der Waals surface area contributed by atoms with E-state index in [9.17, 15) is 32.7 Å². The van der Waals surface area contributed by atoms with Crippen molar-refractivity contribution in [3.63, 3.8) is 0 Å². The Hall–Kier alpha value is -3.31. The Morgan fingerprint density at radius 3 is 2.59 bits per heavy atom. The molecule has 0 spiro atoms. The maximum atomic E-state index is 13.0. The molecule has 1 aliphatic rings. The van der Waals surface area contributed by atoms with E-state index in [4.69, 9.17) is 9.15 Å². The number of likely N-dealkylation sites (N-methyl/N-ethyl adjacent to an activating group) is 1. The number of pyridine rings is 1. The molecule has 1 aliphatic heterocycles. The number of halogens is 3. The molecule has 2 aromatic heterocycles. The van der Waals surface area contributed by atoms with Gasteiger partial charge in [0.15, 0.2) is 22.4 Å². The van der Waals surface area contributed by atoms with E-state index in [0.29, 0.717) is 12.3 Å². The molecule has 0 saturated heterocycles. The fourth-order valence-corrected chi connectivity index (χ4v) is 2.72. The van der Waals surface area contributed by atoms with E-state index >= 15 is 0 Å². The van der Waals surface area contributed by atoms with Gasteiger partial charge < -0.3 is 24.1 Å². The number of rotatable bonds is 3. The third-order valence-corrected chi connectivity index (χ3v) is 4.60. The van der Waals surface area contributed by atoms with Crippen LogP contribution in [-0.4, -0.2) is 70.5 Å². The zero-order chi connectivity index (χ0) is 21.7. The van der Waals surface area contributed by atoms with Gasteiger partial charge in [-0.1, -0.05) is 0 Å². The normalized spacial score (nSPS) is 19.5. The van der Waals surface area contributed by atoms with Gasteiger partial charge in [-0.15, -0.1) is 0 Å². The topological polar surface area (TPSA) is 113 Å². The van der Waals surface area contributed by atoms with Crippen LogP contribution in [0.3, 0.4) is 0 Å². The van der Waals surface area contributed by atoms with Crippen molar-refractivity contribution in [3.8, 4) is 5.75 Å². The molecule has 1 N–H and O–H groups in total. The summed E-state index contributed by atoms with van der Waals surface area (Å²) in [6.07, 6.45) is -4.12. The molecule has 0 aromatic carbocycles. The number of aliphatic carboxylic acids is 1. The molecule has 0 fully saturated rings. The van der Waals surface area contributed by atoms with Crippen molar-refractivity contribution >= 4 is 28.9 Å². The van der Waals surface area contributed by atoms with Gasteiger partial charge in [-0.25, -0.2) is 9.78 Å². The molecule has 0 bridgehead atoms. The maximum Gasteiger partial charge on any atom is 0.418 e. The first kappa shape index (κ1) is 20.4. The van der Waals surface area contributed by atoms with Crippen molar-refractivity contribution in [2.24, 2.45) is 0 Å². The monoisotopic (exact) mass is 415 g/mol. The summed E-state index contributed by atoms with van der Waals surface area (Å²) in [5, 5.41) is 9.65. The molecular formula is C17H16F3N3O6. The van der Waals surface area contributed by atoms with Crippen LogP contribution in [0.25, 0.3) is 11.1 Å². The molecule has 0 saturated carbocycles. The number of carboxylic acids is 1. The summed E-state index contributed by atoms with van der Waals surface area (Å²) in [6.45, 7) is 0.0221.